The van der Waals surface area contributed by atoms with E-state index in [1.807, 2.05) is 0 Å². The van der Waals surface area contributed by atoms with Crippen molar-refractivity contribution in [3.63, 3.8) is 0 Å². The molecule has 1 heterocycles. The van der Waals surface area contributed by atoms with Crippen LogP contribution in [0.5, 0.6) is 5.75 Å². The summed E-state index contributed by atoms with van der Waals surface area (Å²) in [5.41, 5.74) is 0.0133. The minimum Gasteiger partial charge on any atom is -0.435 e. The minimum absolute atomic E-state index is 0.216. The Bertz CT molecular complexity index is 512. The lowest BCUT2D eigenvalue weighted by Crippen LogP contribution is -2.22. The maximum absolute atomic E-state index is 13.6. The van der Waals surface area contributed by atoms with E-state index in [9.17, 15) is 17.6 Å². The Hall–Kier alpha value is -1.79. The monoisotopic (exact) mass is 290 g/mol. The third-order valence-corrected chi connectivity index (χ3v) is 2.88. The van der Waals surface area contributed by atoms with Gasteiger partial charge in [-0.1, -0.05) is 6.07 Å². The molecule has 0 aromatic heterocycles. The third-order valence-electron chi connectivity index (χ3n) is 2.88. The number of hydrogen-bond acceptors (Lipinski definition) is 3. The topological polar surface area (TPSA) is 33.6 Å². The van der Waals surface area contributed by atoms with Crippen molar-refractivity contribution < 1.29 is 22.3 Å². The number of halogens is 4. The molecule has 3 nitrogen and oxygen atoms in total. The van der Waals surface area contributed by atoms with E-state index in [4.69, 9.17) is 0 Å². The van der Waals surface area contributed by atoms with Crippen LogP contribution in [0.15, 0.2) is 23.2 Å². The van der Waals surface area contributed by atoms with E-state index < -0.39 is 12.5 Å². The Morgan fingerprint density at radius 3 is 2.70 bits per heavy atom. The van der Waals surface area contributed by atoms with Gasteiger partial charge in [-0.3, -0.25) is 4.99 Å². The van der Waals surface area contributed by atoms with Gasteiger partial charge in [0, 0.05) is 25.5 Å². The Morgan fingerprint density at radius 1 is 1.40 bits per heavy atom. The summed E-state index contributed by atoms with van der Waals surface area (Å²) in [4.78, 5) is 4.13. The van der Waals surface area contributed by atoms with Crippen LogP contribution in [0.2, 0.25) is 0 Å². The number of rotatable bonds is 5. The number of nitrogens with zero attached hydrogens (tertiary/aromatic N) is 1. The molecule has 0 atom stereocenters. The van der Waals surface area contributed by atoms with Crippen molar-refractivity contribution in [3.8, 4) is 5.75 Å². The van der Waals surface area contributed by atoms with E-state index in [-0.39, 0.29) is 17.7 Å². The summed E-state index contributed by atoms with van der Waals surface area (Å²) in [7, 11) is 0. The molecule has 1 aliphatic rings. The van der Waals surface area contributed by atoms with Crippen molar-refractivity contribution in [2.75, 3.05) is 13.1 Å². The molecule has 0 aliphatic carbocycles. The van der Waals surface area contributed by atoms with Crippen LogP contribution in [-0.4, -0.2) is 25.5 Å². The number of amidine groups is 1. The maximum Gasteiger partial charge on any atom is 0.387 e. The van der Waals surface area contributed by atoms with Gasteiger partial charge in [-0.05, 0) is 17.7 Å². The van der Waals surface area contributed by atoms with Crippen molar-refractivity contribution in [2.45, 2.75) is 25.9 Å². The van der Waals surface area contributed by atoms with Crippen LogP contribution >= 0.6 is 0 Å². The summed E-state index contributed by atoms with van der Waals surface area (Å²) in [6.45, 7) is -1.03. The smallest absolute Gasteiger partial charge is 0.387 e. The first-order valence-electron chi connectivity index (χ1n) is 6.09. The van der Waals surface area contributed by atoms with E-state index in [0.717, 1.165) is 13.0 Å². The number of alkyl halides is 4. The van der Waals surface area contributed by atoms with E-state index in [1.54, 1.807) is 0 Å². The van der Waals surface area contributed by atoms with Crippen LogP contribution in [0.25, 0.3) is 0 Å². The highest BCUT2D eigenvalue weighted by atomic mass is 19.3. The Morgan fingerprint density at radius 2 is 2.15 bits per heavy atom. The molecule has 0 spiro atoms. The average molecular weight is 290 g/mol. The van der Waals surface area contributed by atoms with Crippen LogP contribution in [-0.2, 0) is 12.3 Å². The van der Waals surface area contributed by atoms with E-state index in [0.29, 0.717) is 24.5 Å². The van der Waals surface area contributed by atoms with Crippen molar-refractivity contribution in [1.82, 2.24) is 5.32 Å². The lowest BCUT2D eigenvalue weighted by Gasteiger charge is -2.17. The van der Waals surface area contributed by atoms with Crippen molar-refractivity contribution in [2.24, 2.45) is 4.99 Å². The summed E-state index contributed by atoms with van der Waals surface area (Å²) in [6, 6.07) is 3.58. The summed E-state index contributed by atoms with van der Waals surface area (Å²) in [5, 5.41) is 2.98. The van der Waals surface area contributed by atoms with Gasteiger partial charge in [-0.15, -0.1) is 0 Å². The summed E-state index contributed by atoms with van der Waals surface area (Å²) in [5.74, 6) is -2.80. The first-order chi connectivity index (χ1) is 9.36. The molecule has 7 heteroatoms. The van der Waals surface area contributed by atoms with Gasteiger partial charge in [0.2, 0.25) is 0 Å². The number of benzene rings is 1. The zero-order valence-electron chi connectivity index (χ0n) is 10.8. The molecule has 1 aliphatic heterocycles. The molecule has 1 N–H and O–H groups in total. The van der Waals surface area contributed by atoms with Crippen molar-refractivity contribution in [3.05, 3.63) is 29.3 Å². The highest BCUT2D eigenvalue weighted by Gasteiger charge is 2.29. The molecule has 1 aromatic carbocycles. The van der Waals surface area contributed by atoms with Crippen molar-refractivity contribution >= 4 is 5.84 Å². The Kier molecular flexibility index (Phi) is 4.15. The van der Waals surface area contributed by atoms with Gasteiger partial charge in [0.1, 0.15) is 11.6 Å². The van der Waals surface area contributed by atoms with Crippen LogP contribution in [0.3, 0.4) is 0 Å². The molecule has 0 saturated carbocycles. The second-order valence-electron chi connectivity index (χ2n) is 4.52. The van der Waals surface area contributed by atoms with Crippen LogP contribution in [0, 0.1) is 0 Å². The normalized spacial score (nSPS) is 15.2. The molecule has 110 valence electrons. The molecule has 1 aromatic rings. The SMILES string of the molecule is CC(F)(F)c1cc(OC(F)F)ccc1CC1=NCCN1. The zero-order valence-corrected chi connectivity index (χ0v) is 10.8. The van der Waals surface area contributed by atoms with Crippen LogP contribution < -0.4 is 10.1 Å². The van der Waals surface area contributed by atoms with Crippen molar-refractivity contribution in [1.29, 1.82) is 0 Å². The highest BCUT2D eigenvalue weighted by Crippen LogP contribution is 2.33. The molecule has 20 heavy (non-hydrogen) atoms. The van der Waals surface area contributed by atoms with Crippen LogP contribution in [0.1, 0.15) is 18.1 Å². The van der Waals surface area contributed by atoms with Gasteiger partial charge in [-0.2, -0.15) is 8.78 Å². The fourth-order valence-corrected chi connectivity index (χ4v) is 2.04. The lowest BCUT2D eigenvalue weighted by atomic mass is 9.99. The zero-order chi connectivity index (χ0) is 14.8. The van der Waals surface area contributed by atoms with Crippen LogP contribution in [0.4, 0.5) is 17.6 Å². The Balaban J connectivity index is 2.30. The standard InChI is InChI=1S/C13H14F4N2O/c1-13(16,17)10-7-9(20-12(14)15)3-2-8(10)6-11-18-4-5-19-11/h2-3,7,12H,4-6H2,1H3,(H,18,19). The molecule has 0 bridgehead atoms. The average Bonchev–Trinajstić information content (AvgIpc) is 2.82. The van der Waals surface area contributed by atoms with E-state index >= 15 is 0 Å². The van der Waals surface area contributed by atoms with E-state index in [2.05, 4.69) is 15.0 Å². The molecular formula is C13H14F4N2O. The summed E-state index contributed by atoms with van der Waals surface area (Å²) in [6.07, 6.45) is 0.216. The number of ether oxygens (including phenoxy) is 1. The fourth-order valence-electron chi connectivity index (χ4n) is 2.04. The fraction of sp³-hybridized carbons (Fsp3) is 0.462. The van der Waals surface area contributed by atoms with Gasteiger partial charge in [0.25, 0.3) is 5.92 Å². The molecule has 0 unspecified atom stereocenters. The van der Waals surface area contributed by atoms with Gasteiger partial charge in [0.15, 0.2) is 0 Å². The van der Waals surface area contributed by atoms with Gasteiger partial charge in [0.05, 0.1) is 6.54 Å². The van der Waals surface area contributed by atoms with E-state index in [1.165, 1.54) is 12.1 Å². The minimum atomic E-state index is -3.14. The quantitative estimate of drug-likeness (QED) is 0.846. The molecule has 0 amide bonds. The first kappa shape index (κ1) is 14.6. The molecule has 0 radical (unpaired) electrons. The molecule has 0 saturated heterocycles. The second-order valence-corrected chi connectivity index (χ2v) is 4.52. The summed E-state index contributed by atoms with van der Waals surface area (Å²) >= 11 is 0. The molecule has 0 fully saturated rings. The van der Waals surface area contributed by atoms with Gasteiger partial charge >= 0.3 is 6.61 Å². The summed E-state index contributed by atoms with van der Waals surface area (Å²) < 4.78 is 55.6. The predicted octanol–water partition coefficient (Wildman–Crippen LogP) is 2.94. The third kappa shape index (κ3) is 3.61. The molecular weight excluding hydrogens is 276 g/mol. The Labute approximate surface area is 113 Å². The highest BCUT2D eigenvalue weighted by molar-refractivity contribution is 5.86. The number of aliphatic imine (C=N–C) groups is 1. The van der Waals surface area contributed by atoms with Gasteiger partial charge in [-0.25, -0.2) is 8.78 Å². The molecule has 2 rings (SSSR count). The number of nitrogens with one attached hydrogen (secondary N) is 1. The largest absolute Gasteiger partial charge is 0.435 e. The second kappa shape index (κ2) is 5.68. The number of hydrogen-bond donors (Lipinski definition) is 1. The lowest BCUT2D eigenvalue weighted by molar-refractivity contribution is -0.0505. The first-order valence-corrected chi connectivity index (χ1v) is 6.09. The maximum atomic E-state index is 13.6. The predicted molar refractivity (Wildman–Crippen MR) is 66.7 cm³/mol. The van der Waals surface area contributed by atoms with Gasteiger partial charge < -0.3 is 10.1 Å².